The van der Waals surface area contributed by atoms with Crippen LogP contribution in [0.4, 0.5) is 4.39 Å². The molecule has 1 unspecified atom stereocenters. The molecule has 1 atom stereocenters. The summed E-state index contributed by atoms with van der Waals surface area (Å²) in [6, 6.07) is 4.15. The van der Waals surface area contributed by atoms with Crippen LogP contribution in [0.1, 0.15) is 23.5 Å². The molecule has 2 aromatic rings. The van der Waals surface area contributed by atoms with Gasteiger partial charge < -0.3 is 10.4 Å². The monoisotopic (exact) mass is 252 g/mol. The predicted molar refractivity (Wildman–Crippen MR) is 65.4 cm³/mol. The molecule has 1 aromatic heterocycles. The Hall–Kier alpha value is -1.46. The normalized spacial score (nSPS) is 12.6. The van der Waals surface area contributed by atoms with Crippen LogP contribution in [0.2, 0.25) is 0 Å². The van der Waals surface area contributed by atoms with Crippen LogP contribution in [0.3, 0.4) is 0 Å². The molecule has 0 saturated carbocycles. The Bertz CT molecular complexity index is 467. The molecule has 90 valence electrons. The first-order chi connectivity index (χ1) is 8.15. The van der Waals surface area contributed by atoms with E-state index in [1.165, 1.54) is 6.07 Å². The molecular weight excluding hydrogens is 239 g/mol. The summed E-state index contributed by atoms with van der Waals surface area (Å²) in [6.45, 7) is 2.49. The average molecular weight is 252 g/mol. The lowest BCUT2D eigenvalue weighted by Gasteiger charge is -2.11. The van der Waals surface area contributed by atoms with E-state index in [2.05, 4.69) is 10.3 Å². The zero-order valence-corrected chi connectivity index (χ0v) is 10.2. The summed E-state index contributed by atoms with van der Waals surface area (Å²) in [5.41, 5.74) is 0.714. The Kier molecular flexibility index (Phi) is 3.71. The van der Waals surface area contributed by atoms with Gasteiger partial charge in [0.05, 0.1) is 6.04 Å². The number of aromatic nitrogens is 1. The van der Waals surface area contributed by atoms with E-state index in [9.17, 15) is 9.50 Å². The van der Waals surface area contributed by atoms with Crippen LogP contribution in [-0.2, 0) is 6.54 Å². The first kappa shape index (κ1) is 12.0. The van der Waals surface area contributed by atoms with Crippen molar-refractivity contribution >= 4 is 11.3 Å². The SMILES string of the molecule is CC(NCc1cc(O)cc(F)c1)c1nccs1. The third kappa shape index (κ3) is 3.25. The highest BCUT2D eigenvalue weighted by Crippen LogP contribution is 2.17. The zero-order valence-electron chi connectivity index (χ0n) is 9.35. The Morgan fingerprint density at radius 1 is 1.47 bits per heavy atom. The molecule has 0 aliphatic heterocycles. The molecule has 0 fully saturated rings. The van der Waals surface area contributed by atoms with Gasteiger partial charge >= 0.3 is 0 Å². The Labute approximate surface area is 103 Å². The molecule has 0 aliphatic rings. The van der Waals surface area contributed by atoms with Crippen molar-refractivity contribution in [3.63, 3.8) is 0 Å². The molecule has 0 radical (unpaired) electrons. The zero-order chi connectivity index (χ0) is 12.3. The van der Waals surface area contributed by atoms with Gasteiger partial charge in [0.15, 0.2) is 0 Å². The fourth-order valence-electron chi connectivity index (χ4n) is 1.54. The second-order valence-corrected chi connectivity index (χ2v) is 4.72. The van der Waals surface area contributed by atoms with E-state index in [0.29, 0.717) is 12.1 Å². The van der Waals surface area contributed by atoms with Gasteiger partial charge in [-0.15, -0.1) is 11.3 Å². The number of benzene rings is 1. The number of hydrogen-bond acceptors (Lipinski definition) is 4. The number of thiazole rings is 1. The van der Waals surface area contributed by atoms with Crippen molar-refractivity contribution in [2.75, 3.05) is 0 Å². The summed E-state index contributed by atoms with van der Waals surface area (Å²) < 4.78 is 13.0. The molecule has 0 aliphatic carbocycles. The van der Waals surface area contributed by atoms with E-state index in [0.717, 1.165) is 11.1 Å². The highest BCUT2D eigenvalue weighted by molar-refractivity contribution is 7.09. The van der Waals surface area contributed by atoms with Gasteiger partial charge in [-0.3, -0.25) is 0 Å². The molecular formula is C12H13FN2OS. The van der Waals surface area contributed by atoms with Crippen molar-refractivity contribution in [1.82, 2.24) is 10.3 Å². The van der Waals surface area contributed by atoms with Crippen LogP contribution in [0, 0.1) is 5.82 Å². The minimum atomic E-state index is -0.427. The van der Waals surface area contributed by atoms with Crippen LogP contribution >= 0.6 is 11.3 Å². The lowest BCUT2D eigenvalue weighted by Crippen LogP contribution is -2.17. The third-order valence-corrected chi connectivity index (χ3v) is 3.33. The molecule has 0 bridgehead atoms. The Balaban J connectivity index is 1.98. The smallest absolute Gasteiger partial charge is 0.127 e. The molecule has 3 nitrogen and oxygen atoms in total. The first-order valence-corrected chi connectivity index (χ1v) is 6.14. The standard InChI is InChI=1S/C12H13FN2OS/c1-8(12-14-2-3-17-12)15-7-9-4-10(13)6-11(16)5-9/h2-6,8,15-16H,7H2,1H3. The lowest BCUT2D eigenvalue weighted by molar-refractivity contribution is 0.466. The van der Waals surface area contributed by atoms with Crippen molar-refractivity contribution in [1.29, 1.82) is 0 Å². The summed E-state index contributed by atoms with van der Waals surface area (Å²) in [7, 11) is 0. The van der Waals surface area contributed by atoms with Crippen molar-refractivity contribution < 1.29 is 9.50 Å². The van der Waals surface area contributed by atoms with E-state index in [4.69, 9.17) is 0 Å². The summed E-state index contributed by atoms with van der Waals surface area (Å²) >= 11 is 1.58. The maximum absolute atomic E-state index is 13.0. The molecule has 0 spiro atoms. The maximum atomic E-state index is 13.0. The van der Waals surface area contributed by atoms with E-state index in [1.54, 1.807) is 23.6 Å². The van der Waals surface area contributed by atoms with Gasteiger partial charge in [0.25, 0.3) is 0 Å². The van der Waals surface area contributed by atoms with Crippen LogP contribution in [0.5, 0.6) is 5.75 Å². The second kappa shape index (κ2) is 5.25. The van der Waals surface area contributed by atoms with Crippen molar-refractivity contribution in [3.8, 4) is 5.75 Å². The van der Waals surface area contributed by atoms with Gasteiger partial charge in [0.2, 0.25) is 0 Å². The number of nitrogens with zero attached hydrogens (tertiary/aromatic N) is 1. The minimum absolute atomic E-state index is 0.0521. The van der Waals surface area contributed by atoms with Crippen LogP contribution in [0.25, 0.3) is 0 Å². The van der Waals surface area contributed by atoms with E-state index in [1.807, 2.05) is 12.3 Å². The quantitative estimate of drug-likeness (QED) is 0.879. The number of phenols is 1. The summed E-state index contributed by atoms with van der Waals surface area (Å²) in [4.78, 5) is 4.20. The van der Waals surface area contributed by atoms with E-state index < -0.39 is 5.82 Å². The summed E-state index contributed by atoms with van der Waals surface area (Å²) in [6.07, 6.45) is 1.76. The topological polar surface area (TPSA) is 45.1 Å². The summed E-state index contributed by atoms with van der Waals surface area (Å²) in [5, 5.41) is 15.4. The number of phenolic OH excluding ortho intramolecular Hbond substituents is 1. The van der Waals surface area contributed by atoms with Crippen LogP contribution in [-0.4, -0.2) is 10.1 Å². The third-order valence-electron chi connectivity index (χ3n) is 2.38. The predicted octanol–water partition coefficient (Wildman–Crippen LogP) is 2.84. The highest BCUT2D eigenvalue weighted by atomic mass is 32.1. The van der Waals surface area contributed by atoms with Crippen molar-refractivity contribution in [3.05, 3.63) is 46.2 Å². The van der Waals surface area contributed by atoms with E-state index in [-0.39, 0.29) is 11.8 Å². The highest BCUT2D eigenvalue weighted by Gasteiger charge is 2.07. The van der Waals surface area contributed by atoms with Crippen molar-refractivity contribution in [2.45, 2.75) is 19.5 Å². The number of nitrogens with one attached hydrogen (secondary N) is 1. The Morgan fingerprint density at radius 3 is 2.94 bits per heavy atom. The molecule has 2 rings (SSSR count). The Morgan fingerprint density at radius 2 is 2.29 bits per heavy atom. The van der Waals surface area contributed by atoms with Gasteiger partial charge in [0.1, 0.15) is 16.6 Å². The fraction of sp³-hybridized carbons (Fsp3) is 0.250. The number of halogens is 1. The van der Waals surface area contributed by atoms with Crippen molar-refractivity contribution in [2.24, 2.45) is 0 Å². The molecule has 1 heterocycles. The van der Waals surface area contributed by atoms with Crippen LogP contribution < -0.4 is 5.32 Å². The number of rotatable bonds is 4. The second-order valence-electron chi connectivity index (χ2n) is 3.79. The van der Waals surface area contributed by atoms with Gasteiger partial charge in [-0.25, -0.2) is 9.37 Å². The van der Waals surface area contributed by atoms with Gasteiger partial charge in [-0.1, -0.05) is 0 Å². The number of aromatic hydroxyl groups is 1. The maximum Gasteiger partial charge on any atom is 0.127 e. The minimum Gasteiger partial charge on any atom is -0.508 e. The largest absolute Gasteiger partial charge is 0.508 e. The molecule has 17 heavy (non-hydrogen) atoms. The number of hydrogen-bond donors (Lipinski definition) is 2. The van der Waals surface area contributed by atoms with Gasteiger partial charge in [0, 0.05) is 24.2 Å². The van der Waals surface area contributed by atoms with Crippen LogP contribution in [0.15, 0.2) is 29.8 Å². The first-order valence-electron chi connectivity index (χ1n) is 5.26. The average Bonchev–Trinajstić information content (AvgIpc) is 2.78. The van der Waals surface area contributed by atoms with Gasteiger partial charge in [-0.2, -0.15) is 0 Å². The molecule has 0 saturated heterocycles. The lowest BCUT2D eigenvalue weighted by atomic mass is 10.2. The molecule has 5 heteroatoms. The summed E-state index contributed by atoms with van der Waals surface area (Å²) in [5.74, 6) is -0.479. The van der Waals surface area contributed by atoms with E-state index >= 15 is 0 Å². The molecule has 1 aromatic carbocycles. The molecule has 2 N–H and O–H groups in total. The fourth-order valence-corrected chi connectivity index (χ4v) is 2.21. The molecule has 0 amide bonds. The van der Waals surface area contributed by atoms with Gasteiger partial charge in [-0.05, 0) is 24.6 Å².